The quantitative estimate of drug-likeness (QED) is 0.373. The van der Waals surface area contributed by atoms with Crippen molar-refractivity contribution in [1.29, 1.82) is 0 Å². The Morgan fingerprint density at radius 1 is 1.03 bits per heavy atom. The topological polar surface area (TPSA) is 112 Å². The summed E-state index contributed by atoms with van der Waals surface area (Å²) in [6.45, 7) is 3.04. The van der Waals surface area contributed by atoms with Crippen LogP contribution in [0.15, 0.2) is 11.3 Å². The van der Waals surface area contributed by atoms with Crippen molar-refractivity contribution < 1.29 is 38.4 Å². The molecule has 2 saturated carbocycles. The van der Waals surface area contributed by atoms with E-state index in [0.29, 0.717) is 0 Å². The van der Waals surface area contributed by atoms with Gasteiger partial charge in [0.15, 0.2) is 0 Å². The SMILES string of the molecule is CO[C@H]1CCC[C@H]2C1=C(C(=O)OC(C)OC(=O)OC1CCCCC1)N1C(=O)[C@H]([C@@H](C)O)[C@@H]21. The number of esters is 1. The zero-order chi connectivity index (χ0) is 23.0. The van der Waals surface area contributed by atoms with Crippen LogP contribution in [0.3, 0.4) is 0 Å². The molecule has 0 aromatic carbocycles. The predicted octanol–water partition coefficient (Wildman–Crippen LogP) is 2.65. The molecule has 1 amide bonds. The molecule has 32 heavy (non-hydrogen) atoms. The molecule has 0 radical (unpaired) electrons. The van der Waals surface area contributed by atoms with Gasteiger partial charge in [-0.2, -0.15) is 0 Å². The van der Waals surface area contributed by atoms with Crippen molar-refractivity contribution in [2.45, 2.75) is 95.9 Å². The van der Waals surface area contributed by atoms with Gasteiger partial charge in [-0.15, -0.1) is 0 Å². The van der Waals surface area contributed by atoms with Crippen LogP contribution >= 0.6 is 0 Å². The number of carbonyl (C=O) groups is 3. The van der Waals surface area contributed by atoms with Crippen molar-refractivity contribution in [3.8, 4) is 0 Å². The third-order valence-electron chi connectivity index (χ3n) is 7.19. The molecule has 4 aliphatic rings. The summed E-state index contributed by atoms with van der Waals surface area (Å²) < 4.78 is 21.5. The van der Waals surface area contributed by atoms with Crippen LogP contribution in [0.4, 0.5) is 4.79 Å². The number of nitrogens with zero attached hydrogens (tertiary/aromatic N) is 1. The molecule has 0 bridgehead atoms. The number of β-lactam (4-membered cyclic amide) rings is 1. The number of methoxy groups -OCH3 is 1. The lowest BCUT2D eigenvalue weighted by molar-refractivity contribution is -0.174. The summed E-state index contributed by atoms with van der Waals surface area (Å²) in [6, 6.07) is -0.273. The summed E-state index contributed by atoms with van der Waals surface area (Å²) in [5.41, 5.74) is 0.923. The van der Waals surface area contributed by atoms with E-state index in [1.54, 1.807) is 14.0 Å². The molecule has 3 fully saturated rings. The minimum Gasteiger partial charge on any atom is -0.431 e. The second-order valence-corrected chi connectivity index (χ2v) is 9.25. The molecule has 9 heteroatoms. The van der Waals surface area contributed by atoms with Crippen LogP contribution < -0.4 is 0 Å². The van der Waals surface area contributed by atoms with Gasteiger partial charge in [0.1, 0.15) is 11.8 Å². The first kappa shape index (κ1) is 23.0. The molecule has 4 rings (SSSR count). The first-order chi connectivity index (χ1) is 15.3. The maximum atomic E-state index is 13.1. The Labute approximate surface area is 188 Å². The molecule has 2 aliphatic heterocycles. The second kappa shape index (κ2) is 9.39. The first-order valence-corrected chi connectivity index (χ1v) is 11.7. The average molecular weight is 452 g/mol. The van der Waals surface area contributed by atoms with Gasteiger partial charge in [0.2, 0.25) is 12.2 Å². The minimum absolute atomic E-state index is 0.0546. The molecule has 9 nitrogen and oxygen atoms in total. The number of hydrogen-bond donors (Lipinski definition) is 1. The van der Waals surface area contributed by atoms with Gasteiger partial charge in [-0.25, -0.2) is 9.59 Å². The molecule has 1 N–H and O–H groups in total. The van der Waals surface area contributed by atoms with E-state index in [4.69, 9.17) is 18.9 Å². The van der Waals surface area contributed by atoms with Gasteiger partial charge >= 0.3 is 12.1 Å². The maximum absolute atomic E-state index is 13.1. The van der Waals surface area contributed by atoms with Crippen LogP contribution in [0.2, 0.25) is 0 Å². The zero-order valence-electron chi connectivity index (χ0n) is 19.0. The van der Waals surface area contributed by atoms with E-state index >= 15 is 0 Å². The molecule has 0 aromatic heterocycles. The smallest absolute Gasteiger partial charge is 0.431 e. The Bertz CT molecular complexity index is 787. The Balaban J connectivity index is 1.46. The summed E-state index contributed by atoms with van der Waals surface area (Å²) in [6.07, 6.45) is 3.94. The van der Waals surface area contributed by atoms with Gasteiger partial charge in [-0.1, -0.05) is 6.42 Å². The van der Waals surface area contributed by atoms with E-state index in [9.17, 15) is 19.5 Å². The largest absolute Gasteiger partial charge is 0.511 e. The highest BCUT2D eigenvalue weighted by molar-refractivity contribution is 6.01. The molecule has 1 saturated heterocycles. The zero-order valence-corrected chi connectivity index (χ0v) is 19.0. The molecule has 0 aromatic rings. The second-order valence-electron chi connectivity index (χ2n) is 9.25. The van der Waals surface area contributed by atoms with Crippen molar-refractivity contribution in [1.82, 2.24) is 4.90 Å². The van der Waals surface area contributed by atoms with Gasteiger partial charge in [0, 0.05) is 20.0 Å². The minimum atomic E-state index is -1.17. The fourth-order valence-corrected chi connectivity index (χ4v) is 5.78. The Kier molecular flexibility index (Phi) is 6.76. The summed E-state index contributed by atoms with van der Waals surface area (Å²) in [4.78, 5) is 39.5. The molecule has 1 unspecified atom stereocenters. The Morgan fingerprint density at radius 3 is 2.41 bits per heavy atom. The number of rotatable bonds is 6. The highest BCUT2D eigenvalue weighted by Gasteiger charge is 2.62. The van der Waals surface area contributed by atoms with E-state index in [0.717, 1.165) is 56.9 Å². The number of aliphatic hydroxyl groups is 1. The highest BCUT2D eigenvalue weighted by Crippen LogP contribution is 2.52. The molecule has 6 atom stereocenters. The summed E-state index contributed by atoms with van der Waals surface area (Å²) >= 11 is 0. The van der Waals surface area contributed by atoms with Gasteiger partial charge in [0.05, 0.1) is 24.2 Å². The number of ether oxygens (including phenoxy) is 4. The van der Waals surface area contributed by atoms with E-state index in [1.165, 1.54) is 11.8 Å². The van der Waals surface area contributed by atoms with Crippen molar-refractivity contribution in [3.05, 3.63) is 11.3 Å². The monoisotopic (exact) mass is 451 g/mol. The van der Waals surface area contributed by atoms with Crippen molar-refractivity contribution in [3.63, 3.8) is 0 Å². The molecule has 2 heterocycles. The fourth-order valence-electron chi connectivity index (χ4n) is 5.78. The predicted molar refractivity (Wildman–Crippen MR) is 111 cm³/mol. The lowest BCUT2D eigenvalue weighted by Crippen LogP contribution is -2.64. The van der Waals surface area contributed by atoms with Gasteiger partial charge < -0.3 is 29.0 Å². The van der Waals surface area contributed by atoms with Crippen LogP contribution in [0.25, 0.3) is 0 Å². The Morgan fingerprint density at radius 2 is 1.75 bits per heavy atom. The highest BCUT2D eigenvalue weighted by atomic mass is 16.8. The molecule has 2 aliphatic carbocycles. The Hall–Kier alpha value is -2.13. The molecule has 0 spiro atoms. The van der Waals surface area contributed by atoms with Crippen molar-refractivity contribution in [2.75, 3.05) is 7.11 Å². The van der Waals surface area contributed by atoms with Gasteiger partial charge in [-0.05, 0) is 57.4 Å². The first-order valence-electron chi connectivity index (χ1n) is 11.7. The standard InChI is InChI=1S/C23H33NO8/c1-12(25)17-19-15-10-7-11-16(29-3)18(15)20(24(19)21(17)26)22(27)30-13(2)31-23(28)32-14-8-5-4-6-9-14/h12-17,19,25H,4-11H2,1-3H3/t12-,13?,15+,16+,17-,19-/m1/s1. The van der Waals surface area contributed by atoms with E-state index in [1.807, 2.05) is 0 Å². The van der Waals surface area contributed by atoms with E-state index < -0.39 is 30.4 Å². The fraction of sp³-hybridized carbons (Fsp3) is 0.783. The van der Waals surface area contributed by atoms with E-state index in [-0.39, 0.29) is 35.8 Å². The summed E-state index contributed by atoms with van der Waals surface area (Å²) in [5.74, 6) is -1.62. The number of aliphatic hydroxyl groups excluding tert-OH is 1. The number of hydrogen-bond acceptors (Lipinski definition) is 8. The molecule has 178 valence electrons. The molecular weight excluding hydrogens is 418 g/mol. The maximum Gasteiger partial charge on any atom is 0.511 e. The van der Waals surface area contributed by atoms with Crippen LogP contribution in [-0.4, -0.2) is 65.8 Å². The van der Waals surface area contributed by atoms with Crippen molar-refractivity contribution in [2.24, 2.45) is 11.8 Å². The number of amides is 1. The van der Waals surface area contributed by atoms with Crippen LogP contribution in [-0.2, 0) is 28.5 Å². The van der Waals surface area contributed by atoms with Crippen LogP contribution in [0.1, 0.15) is 65.2 Å². The van der Waals surface area contributed by atoms with Crippen LogP contribution in [0, 0.1) is 11.8 Å². The van der Waals surface area contributed by atoms with Gasteiger partial charge in [0.25, 0.3) is 0 Å². The summed E-state index contributed by atoms with van der Waals surface area (Å²) in [7, 11) is 1.58. The normalized spacial score (nSPS) is 31.9. The van der Waals surface area contributed by atoms with E-state index in [2.05, 4.69) is 0 Å². The molecular formula is C23H33NO8. The third kappa shape index (κ3) is 4.12. The van der Waals surface area contributed by atoms with Crippen LogP contribution in [0.5, 0.6) is 0 Å². The third-order valence-corrected chi connectivity index (χ3v) is 7.19. The lowest BCUT2D eigenvalue weighted by atomic mass is 9.72. The average Bonchev–Trinajstić information content (AvgIpc) is 3.04. The van der Waals surface area contributed by atoms with Gasteiger partial charge in [-0.3, -0.25) is 4.79 Å². The number of fused-ring (bicyclic) bond motifs is 3. The lowest BCUT2D eigenvalue weighted by Gasteiger charge is -2.47. The van der Waals surface area contributed by atoms with Crippen molar-refractivity contribution >= 4 is 18.0 Å². The number of carbonyl (C=O) groups excluding carboxylic acids is 3. The summed E-state index contributed by atoms with van der Waals surface area (Å²) in [5, 5.41) is 10.1.